The van der Waals surface area contributed by atoms with E-state index < -0.39 is 0 Å². The standard InChI is InChI=1S/C22H45N2O2/c1-7-20(23-15-13-11-12-14-21(23)25)18-22(5,6)19-26-17-16-24(8-2,9-3)10-4/h20H,7-19H2,1-6H3/q+1. The van der Waals surface area contributed by atoms with Crippen LogP contribution in [0.2, 0.25) is 0 Å². The van der Waals surface area contributed by atoms with Gasteiger partial charge in [0, 0.05) is 19.0 Å². The van der Waals surface area contributed by atoms with Gasteiger partial charge in [-0.1, -0.05) is 27.2 Å². The Morgan fingerprint density at radius 3 is 2.31 bits per heavy atom. The quantitative estimate of drug-likeness (QED) is 0.375. The van der Waals surface area contributed by atoms with Crippen LogP contribution in [0.5, 0.6) is 0 Å². The van der Waals surface area contributed by atoms with E-state index in [4.69, 9.17) is 4.74 Å². The van der Waals surface area contributed by atoms with Gasteiger partial charge < -0.3 is 14.1 Å². The lowest BCUT2D eigenvalue weighted by Crippen LogP contribution is -2.49. The first-order valence-corrected chi connectivity index (χ1v) is 11.1. The molecule has 1 heterocycles. The van der Waals surface area contributed by atoms with Crippen LogP contribution in [0, 0.1) is 5.41 Å². The van der Waals surface area contributed by atoms with E-state index in [1.165, 1.54) is 26.1 Å². The third-order valence-electron chi connectivity index (χ3n) is 6.53. The SMILES string of the molecule is CCC(CC(C)(C)COCC[N+](CC)(CC)CC)N1CCCCCC1=O. The van der Waals surface area contributed by atoms with Gasteiger partial charge in [0.1, 0.15) is 6.54 Å². The van der Waals surface area contributed by atoms with Gasteiger partial charge in [0.25, 0.3) is 0 Å². The Bertz CT molecular complexity index is 397. The number of likely N-dealkylation sites (tertiary alicyclic amines) is 1. The van der Waals surface area contributed by atoms with E-state index in [9.17, 15) is 4.79 Å². The molecular formula is C22H45N2O2+. The molecule has 0 aromatic rings. The van der Waals surface area contributed by atoms with E-state index in [0.717, 1.165) is 62.9 Å². The van der Waals surface area contributed by atoms with E-state index in [0.29, 0.717) is 11.9 Å². The maximum Gasteiger partial charge on any atom is 0.222 e. The Morgan fingerprint density at radius 1 is 1.08 bits per heavy atom. The highest BCUT2D eigenvalue weighted by molar-refractivity contribution is 5.76. The summed E-state index contributed by atoms with van der Waals surface area (Å²) in [5.41, 5.74) is 0.105. The predicted octanol–water partition coefficient (Wildman–Crippen LogP) is 4.48. The largest absolute Gasteiger partial charge is 0.375 e. The molecule has 0 aromatic carbocycles. The Hall–Kier alpha value is -0.610. The maximum absolute atomic E-state index is 12.5. The van der Waals surface area contributed by atoms with Crippen molar-refractivity contribution in [3.63, 3.8) is 0 Å². The van der Waals surface area contributed by atoms with E-state index in [-0.39, 0.29) is 5.41 Å². The van der Waals surface area contributed by atoms with Crippen LogP contribution in [0.25, 0.3) is 0 Å². The molecule has 0 bridgehead atoms. The van der Waals surface area contributed by atoms with E-state index in [2.05, 4.69) is 46.4 Å². The highest BCUT2D eigenvalue weighted by Gasteiger charge is 2.30. The van der Waals surface area contributed by atoms with Crippen LogP contribution in [-0.4, -0.2) is 67.3 Å². The van der Waals surface area contributed by atoms with Crippen molar-refractivity contribution in [2.75, 3.05) is 45.9 Å². The molecule has 0 aliphatic carbocycles. The second-order valence-corrected chi connectivity index (χ2v) is 8.89. The van der Waals surface area contributed by atoms with Gasteiger partial charge in [0.2, 0.25) is 5.91 Å². The van der Waals surface area contributed by atoms with Crippen LogP contribution in [0.1, 0.15) is 80.1 Å². The summed E-state index contributed by atoms with van der Waals surface area (Å²) in [5.74, 6) is 0.363. The summed E-state index contributed by atoms with van der Waals surface area (Å²) in [4.78, 5) is 14.6. The van der Waals surface area contributed by atoms with Gasteiger partial charge in [0.05, 0.1) is 32.8 Å². The van der Waals surface area contributed by atoms with Gasteiger partial charge in [-0.05, 0) is 51.9 Å². The van der Waals surface area contributed by atoms with Crippen molar-refractivity contribution in [3.8, 4) is 0 Å². The third-order valence-corrected chi connectivity index (χ3v) is 6.53. The van der Waals surface area contributed by atoms with Crippen LogP contribution < -0.4 is 0 Å². The number of carbonyl (C=O) groups is 1. The first-order chi connectivity index (χ1) is 12.3. The van der Waals surface area contributed by atoms with Crippen LogP contribution in [0.15, 0.2) is 0 Å². The molecular weight excluding hydrogens is 324 g/mol. The highest BCUT2D eigenvalue weighted by atomic mass is 16.5. The average molecular weight is 370 g/mol. The molecule has 1 atom stereocenters. The number of rotatable bonds is 12. The molecule has 1 amide bonds. The number of likely N-dealkylation sites (N-methyl/N-ethyl adjacent to an activating group) is 1. The van der Waals surface area contributed by atoms with Crippen molar-refractivity contribution < 1.29 is 14.0 Å². The minimum Gasteiger partial charge on any atom is -0.375 e. The topological polar surface area (TPSA) is 29.5 Å². The number of ether oxygens (including phenoxy) is 1. The normalized spacial score (nSPS) is 18.1. The van der Waals surface area contributed by atoms with Gasteiger partial charge in [-0.3, -0.25) is 4.79 Å². The summed E-state index contributed by atoms with van der Waals surface area (Å²) >= 11 is 0. The van der Waals surface area contributed by atoms with Gasteiger partial charge in [0.15, 0.2) is 0 Å². The zero-order chi connectivity index (χ0) is 19.6. The number of amides is 1. The average Bonchev–Trinajstić information content (AvgIpc) is 2.85. The molecule has 1 saturated heterocycles. The third kappa shape index (κ3) is 7.19. The van der Waals surface area contributed by atoms with Crippen molar-refractivity contribution in [1.29, 1.82) is 0 Å². The summed E-state index contributed by atoms with van der Waals surface area (Å²) in [6.45, 7) is 20.8. The van der Waals surface area contributed by atoms with Gasteiger partial charge in [-0.2, -0.15) is 0 Å². The lowest BCUT2D eigenvalue weighted by atomic mass is 9.85. The lowest BCUT2D eigenvalue weighted by Gasteiger charge is -2.37. The first kappa shape index (κ1) is 23.4. The Kier molecular flexibility index (Phi) is 10.2. The molecule has 4 nitrogen and oxygen atoms in total. The zero-order valence-electron chi connectivity index (χ0n) is 18.5. The first-order valence-electron chi connectivity index (χ1n) is 11.1. The number of hydrogen-bond donors (Lipinski definition) is 0. The molecule has 1 rings (SSSR count). The maximum atomic E-state index is 12.5. The van der Waals surface area contributed by atoms with Crippen molar-refractivity contribution in [1.82, 2.24) is 4.90 Å². The minimum atomic E-state index is 0.105. The van der Waals surface area contributed by atoms with Crippen molar-refractivity contribution >= 4 is 5.91 Å². The van der Waals surface area contributed by atoms with E-state index in [1.54, 1.807) is 0 Å². The minimum absolute atomic E-state index is 0.105. The number of hydrogen-bond acceptors (Lipinski definition) is 2. The van der Waals surface area contributed by atoms with Crippen LogP contribution >= 0.6 is 0 Å². The number of carbonyl (C=O) groups excluding carboxylic acids is 1. The predicted molar refractivity (Wildman–Crippen MR) is 110 cm³/mol. The summed E-state index contributed by atoms with van der Waals surface area (Å²) < 4.78 is 7.26. The summed E-state index contributed by atoms with van der Waals surface area (Å²) in [7, 11) is 0. The van der Waals surface area contributed by atoms with Crippen molar-refractivity contribution in [3.05, 3.63) is 0 Å². The van der Waals surface area contributed by atoms with Gasteiger partial charge >= 0.3 is 0 Å². The van der Waals surface area contributed by atoms with E-state index >= 15 is 0 Å². The Balaban J connectivity index is 2.51. The molecule has 0 saturated carbocycles. The second-order valence-electron chi connectivity index (χ2n) is 8.89. The summed E-state index contributed by atoms with van der Waals surface area (Å²) in [6.07, 6.45) is 6.21. The van der Waals surface area contributed by atoms with Gasteiger partial charge in [-0.25, -0.2) is 0 Å². The lowest BCUT2D eigenvalue weighted by molar-refractivity contribution is -0.923. The van der Waals surface area contributed by atoms with Gasteiger partial charge in [-0.15, -0.1) is 0 Å². The molecule has 1 aliphatic heterocycles. The van der Waals surface area contributed by atoms with Crippen LogP contribution in [-0.2, 0) is 9.53 Å². The molecule has 1 aliphatic rings. The number of quaternary nitrogens is 1. The molecule has 0 N–H and O–H groups in total. The fraction of sp³-hybridized carbons (Fsp3) is 0.955. The summed E-state index contributed by atoms with van der Waals surface area (Å²) in [6, 6.07) is 0.357. The molecule has 154 valence electrons. The van der Waals surface area contributed by atoms with Crippen molar-refractivity contribution in [2.24, 2.45) is 5.41 Å². The van der Waals surface area contributed by atoms with Crippen LogP contribution in [0.4, 0.5) is 0 Å². The molecule has 1 fully saturated rings. The fourth-order valence-corrected chi connectivity index (χ4v) is 4.31. The molecule has 4 heteroatoms. The van der Waals surface area contributed by atoms with Crippen molar-refractivity contribution in [2.45, 2.75) is 86.1 Å². The molecule has 1 unspecified atom stereocenters. The molecule has 0 radical (unpaired) electrons. The zero-order valence-corrected chi connectivity index (χ0v) is 18.5. The molecule has 0 aromatic heterocycles. The number of nitrogens with zero attached hydrogens (tertiary/aromatic N) is 2. The highest BCUT2D eigenvalue weighted by Crippen LogP contribution is 2.28. The van der Waals surface area contributed by atoms with Crippen LogP contribution in [0.3, 0.4) is 0 Å². The molecule has 26 heavy (non-hydrogen) atoms. The Labute approximate surface area is 162 Å². The Morgan fingerprint density at radius 2 is 1.73 bits per heavy atom. The second kappa shape index (κ2) is 11.3. The smallest absolute Gasteiger partial charge is 0.222 e. The molecule has 0 spiro atoms. The fourth-order valence-electron chi connectivity index (χ4n) is 4.31. The monoisotopic (exact) mass is 369 g/mol. The van der Waals surface area contributed by atoms with E-state index in [1.807, 2.05) is 0 Å². The summed E-state index contributed by atoms with van der Waals surface area (Å²) in [5, 5.41) is 0.